The number of hydrogen-bond acceptors (Lipinski definition) is 4. The van der Waals surface area contributed by atoms with Crippen LogP contribution in [0.1, 0.15) is 51.5 Å². The topological polar surface area (TPSA) is 53.4 Å². The van der Waals surface area contributed by atoms with E-state index in [1.165, 1.54) is 22.4 Å². The van der Waals surface area contributed by atoms with Crippen LogP contribution in [0.3, 0.4) is 0 Å². The minimum atomic E-state index is 0. The summed E-state index contributed by atoms with van der Waals surface area (Å²) in [5, 5.41) is 8.18. The summed E-state index contributed by atoms with van der Waals surface area (Å²) >= 11 is 0. The zero-order chi connectivity index (χ0) is 23.7. The standard InChI is InChI=1S/C28H35N5O.ClH/c1-20-7-9-24(10-8-20)33-27(23-11-13-29-14-12-23)25(19-30-33)28(34)32-17-15-31(16-18-32)26-6-4-5-21(2)22(26)3;/h4-10,19,23,29H,11-18H2,1-3H3;1H. The lowest BCUT2D eigenvalue weighted by atomic mass is 9.91. The zero-order valence-electron chi connectivity index (χ0n) is 21.0. The minimum Gasteiger partial charge on any atom is -0.368 e. The Labute approximate surface area is 214 Å². The number of nitrogens with one attached hydrogen (secondary N) is 1. The van der Waals surface area contributed by atoms with Crippen molar-refractivity contribution in [1.82, 2.24) is 20.0 Å². The fourth-order valence-electron chi connectivity index (χ4n) is 5.30. The van der Waals surface area contributed by atoms with Crippen LogP contribution in [0.15, 0.2) is 48.7 Å². The third-order valence-electron chi connectivity index (χ3n) is 7.52. The molecule has 6 nitrogen and oxygen atoms in total. The normalized spacial score (nSPS) is 16.8. The van der Waals surface area contributed by atoms with Gasteiger partial charge in [0.2, 0.25) is 0 Å². The molecule has 0 saturated carbocycles. The minimum absolute atomic E-state index is 0. The number of hydrogen-bond donors (Lipinski definition) is 1. The van der Waals surface area contributed by atoms with Gasteiger partial charge in [0, 0.05) is 37.8 Å². The number of halogens is 1. The van der Waals surface area contributed by atoms with Crippen molar-refractivity contribution in [3.05, 3.63) is 76.6 Å². The average molecular weight is 494 g/mol. The summed E-state index contributed by atoms with van der Waals surface area (Å²) in [5.41, 5.74) is 8.02. The smallest absolute Gasteiger partial charge is 0.257 e. The second kappa shape index (κ2) is 10.8. The SMILES string of the molecule is Cc1ccc(-n2ncc(C(=O)N3CCN(c4cccc(C)c4C)CC3)c2C2CCNCC2)cc1.Cl. The van der Waals surface area contributed by atoms with Crippen LogP contribution < -0.4 is 10.2 Å². The maximum atomic E-state index is 13.8. The molecule has 5 rings (SSSR count). The molecular weight excluding hydrogens is 458 g/mol. The van der Waals surface area contributed by atoms with Crippen LogP contribution in [0.2, 0.25) is 0 Å². The predicted molar refractivity (Wildman–Crippen MR) is 144 cm³/mol. The molecule has 2 aliphatic rings. The van der Waals surface area contributed by atoms with Gasteiger partial charge in [-0.15, -0.1) is 12.4 Å². The van der Waals surface area contributed by atoms with E-state index in [0.717, 1.165) is 69.1 Å². The number of nitrogens with zero attached hydrogens (tertiary/aromatic N) is 4. The number of aromatic nitrogens is 2. The van der Waals surface area contributed by atoms with Gasteiger partial charge < -0.3 is 15.1 Å². The van der Waals surface area contributed by atoms with E-state index in [0.29, 0.717) is 5.92 Å². The molecule has 0 radical (unpaired) electrons. The Morgan fingerprint density at radius 3 is 2.31 bits per heavy atom. The van der Waals surface area contributed by atoms with Crippen LogP contribution in [0, 0.1) is 20.8 Å². The van der Waals surface area contributed by atoms with E-state index in [4.69, 9.17) is 5.10 Å². The van der Waals surface area contributed by atoms with Gasteiger partial charge in [0.05, 0.1) is 23.1 Å². The summed E-state index contributed by atoms with van der Waals surface area (Å²) in [6.07, 6.45) is 3.85. The number of aryl methyl sites for hydroxylation is 2. The lowest BCUT2D eigenvalue weighted by Crippen LogP contribution is -2.49. The van der Waals surface area contributed by atoms with E-state index in [2.05, 4.69) is 73.5 Å². The number of carbonyl (C=O) groups excluding carboxylic acids is 1. The van der Waals surface area contributed by atoms with Crippen molar-refractivity contribution in [2.24, 2.45) is 0 Å². The molecule has 7 heteroatoms. The first-order valence-electron chi connectivity index (χ1n) is 12.5. The van der Waals surface area contributed by atoms with Gasteiger partial charge in [-0.1, -0.05) is 29.8 Å². The number of anilines is 1. The maximum absolute atomic E-state index is 13.8. The van der Waals surface area contributed by atoms with Gasteiger partial charge in [-0.3, -0.25) is 4.79 Å². The largest absolute Gasteiger partial charge is 0.368 e. The second-order valence-corrected chi connectivity index (χ2v) is 9.71. The van der Waals surface area contributed by atoms with E-state index < -0.39 is 0 Å². The Hall–Kier alpha value is -2.83. The Morgan fingerprint density at radius 1 is 0.943 bits per heavy atom. The van der Waals surface area contributed by atoms with Crippen molar-refractivity contribution in [2.75, 3.05) is 44.2 Å². The number of piperazine rings is 1. The Bertz CT molecular complexity index is 1160. The lowest BCUT2D eigenvalue weighted by Gasteiger charge is -2.37. The molecule has 1 N–H and O–H groups in total. The number of carbonyl (C=O) groups is 1. The first-order valence-corrected chi connectivity index (χ1v) is 12.5. The summed E-state index contributed by atoms with van der Waals surface area (Å²) in [4.78, 5) is 18.2. The molecule has 0 atom stereocenters. The van der Waals surface area contributed by atoms with Crippen LogP contribution in [-0.2, 0) is 0 Å². The fourth-order valence-corrected chi connectivity index (χ4v) is 5.30. The highest BCUT2D eigenvalue weighted by molar-refractivity contribution is 5.95. The van der Waals surface area contributed by atoms with Crippen molar-refractivity contribution >= 4 is 24.0 Å². The Balaban J connectivity index is 0.00000289. The van der Waals surface area contributed by atoms with Gasteiger partial charge in [0.25, 0.3) is 5.91 Å². The number of benzene rings is 2. The highest BCUT2D eigenvalue weighted by atomic mass is 35.5. The lowest BCUT2D eigenvalue weighted by molar-refractivity contribution is 0.0744. The molecule has 186 valence electrons. The Morgan fingerprint density at radius 2 is 1.63 bits per heavy atom. The van der Waals surface area contributed by atoms with Crippen molar-refractivity contribution < 1.29 is 4.79 Å². The maximum Gasteiger partial charge on any atom is 0.257 e. The molecular formula is C28H36ClN5O. The molecule has 35 heavy (non-hydrogen) atoms. The molecule has 3 heterocycles. The third kappa shape index (κ3) is 5.09. The van der Waals surface area contributed by atoms with Gasteiger partial charge in [-0.05, 0) is 76.0 Å². The van der Waals surface area contributed by atoms with Crippen LogP contribution >= 0.6 is 12.4 Å². The summed E-state index contributed by atoms with van der Waals surface area (Å²) in [5.74, 6) is 0.452. The van der Waals surface area contributed by atoms with Gasteiger partial charge >= 0.3 is 0 Å². The highest BCUT2D eigenvalue weighted by Crippen LogP contribution is 2.31. The molecule has 0 bridgehead atoms. The van der Waals surface area contributed by atoms with Gasteiger partial charge in [0.1, 0.15) is 0 Å². The number of amides is 1. The van der Waals surface area contributed by atoms with Crippen LogP contribution in [0.25, 0.3) is 5.69 Å². The first-order chi connectivity index (χ1) is 16.5. The van der Waals surface area contributed by atoms with E-state index in [1.807, 2.05) is 9.58 Å². The van der Waals surface area contributed by atoms with Gasteiger partial charge in [0.15, 0.2) is 0 Å². The second-order valence-electron chi connectivity index (χ2n) is 9.71. The summed E-state index contributed by atoms with van der Waals surface area (Å²) in [7, 11) is 0. The van der Waals surface area contributed by atoms with Gasteiger partial charge in [-0.2, -0.15) is 5.10 Å². The summed E-state index contributed by atoms with van der Waals surface area (Å²) in [6.45, 7) is 11.6. The fraction of sp³-hybridized carbons (Fsp3) is 0.429. The molecule has 2 aromatic carbocycles. The van der Waals surface area contributed by atoms with Crippen molar-refractivity contribution in [2.45, 2.75) is 39.5 Å². The van der Waals surface area contributed by atoms with Crippen LogP contribution in [-0.4, -0.2) is 59.9 Å². The van der Waals surface area contributed by atoms with Crippen LogP contribution in [0.5, 0.6) is 0 Å². The number of piperidine rings is 1. The van der Waals surface area contributed by atoms with Crippen molar-refractivity contribution in [3.63, 3.8) is 0 Å². The molecule has 1 amide bonds. The van der Waals surface area contributed by atoms with Gasteiger partial charge in [-0.25, -0.2) is 4.68 Å². The quantitative estimate of drug-likeness (QED) is 0.575. The third-order valence-corrected chi connectivity index (χ3v) is 7.52. The van der Waals surface area contributed by atoms with E-state index in [-0.39, 0.29) is 18.3 Å². The van der Waals surface area contributed by atoms with E-state index >= 15 is 0 Å². The van der Waals surface area contributed by atoms with E-state index in [9.17, 15) is 4.79 Å². The molecule has 2 saturated heterocycles. The molecule has 0 spiro atoms. The molecule has 2 aliphatic heterocycles. The Kier molecular flexibility index (Phi) is 7.82. The zero-order valence-corrected chi connectivity index (χ0v) is 21.8. The first kappa shape index (κ1) is 25.3. The average Bonchev–Trinajstić information content (AvgIpc) is 3.31. The van der Waals surface area contributed by atoms with Crippen molar-refractivity contribution in [3.8, 4) is 5.69 Å². The molecule has 0 unspecified atom stereocenters. The molecule has 3 aromatic rings. The molecule has 1 aromatic heterocycles. The highest BCUT2D eigenvalue weighted by Gasteiger charge is 2.31. The van der Waals surface area contributed by atoms with Crippen LogP contribution in [0.4, 0.5) is 5.69 Å². The van der Waals surface area contributed by atoms with Crippen molar-refractivity contribution in [1.29, 1.82) is 0 Å². The number of rotatable bonds is 4. The van der Waals surface area contributed by atoms with E-state index in [1.54, 1.807) is 6.20 Å². The summed E-state index contributed by atoms with van der Waals surface area (Å²) in [6, 6.07) is 14.9. The predicted octanol–water partition coefficient (Wildman–Crippen LogP) is 4.65. The summed E-state index contributed by atoms with van der Waals surface area (Å²) < 4.78 is 2.01. The monoisotopic (exact) mass is 493 g/mol. The molecule has 2 fully saturated rings. The molecule has 0 aliphatic carbocycles.